The number of morpholine rings is 1. The van der Waals surface area contributed by atoms with E-state index in [2.05, 4.69) is 5.10 Å². The number of carbonyl (C=O) groups excluding carboxylic acids is 1. The van der Waals surface area contributed by atoms with E-state index >= 15 is 0 Å². The molecule has 1 unspecified atom stereocenters. The van der Waals surface area contributed by atoms with E-state index in [4.69, 9.17) is 15.2 Å². The molecule has 1 saturated heterocycles. The van der Waals surface area contributed by atoms with Crippen LogP contribution in [0, 0.1) is 15.5 Å². The summed E-state index contributed by atoms with van der Waals surface area (Å²) in [6.45, 7) is 7.24. The second-order valence-electron chi connectivity index (χ2n) is 8.89. The largest absolute Gasteiger partial charge is 0.465 e. The molecule has 0 spiro atoms. The van der Waals surface area contributed by atoms with Crippen LogP contribution in [0.4, 0.5) is 10.5 Å². The van der Waals surface area contributed by atoms with E-state index in [1.807, 2.05) is 20.8 Å². The zero-order chi connectivity index (χ0) is 24.4. The molecule has 12 nitrogen and oxygen atoms in total. The van der Waals surface area contributed by atoms with Crippen molar-refractivity contribution in [1.29, 1.82) is 0 Å². The summed E-state index contributed by atoms with van der Waals surface area (Å²) in [6.07, 6.45) is 0.147. The van der Waals surface area contributed by atoms with Gasteiger partial charge in [0.2, 0.25) is 5.69 Å². The third kappa shape index (κ3) is 5.12. The van der Waals surface area contributed by atoms with Gasteiger partial charge in [0.05, 0.1) is 37.0 Å². The molecule has 0 bridgehead atoms. The highest BCUT2D eigenvalue weighted by Crippen LogP contribution is 2.37. The number of amides is 2. The van der Waals surface area contributed by atoms with Crippen molar-refractivity contribution in [2.45, 2.75) is 33.0 Å². The van der Waals surface area contributed by atoms with E-state index in [1.165, 1.54) is 9.58 Å². The minimum atomic E-state index is -0.985. The number of benzene rings is 1. The SMILES string of the molecule is CC(C)(C)C1(COCc2ccc(-n3cc([N+](=O)[O-])c(C(N)=O)n3)cc2)CN(C(=O)O)CCO1. The molecule has 1 aliphatic heterocycles. The summed E-state index contributed by atoms with van der Waals surface area (Å²) < 4.78 is 13.2. The van der Waals surface area contributed by atoms with E-state index in [1.54, 1.807) is 24.3 Å². The number of carboxylic acid groups (broad SMARTS) is 1. The van der Waals surface area contributed by atoms with Crippen LogP contribution < -0.4 is 5.73 Å². The number of hydrogen-bond acceptors (Lipinski definition) is 7. The van der Waals surface area contributed by atoms with Gasteiger partial charge in [0, 0.05) is 6.54 Å². The first kappa shape index (κ1) is 24.1. The maximum Gasteiger partial charge on any atom is 0.407 e. The second kappa shape index (κ2) is 9.16. The van der Waals surface area contributed by atoms with E-state index in [-0.39, 0.29) is 25.2 Å². The summed E-state index contributed by atoms with van der Waals surface area (Å²) in [7, 11) is 0. The predicted octanol–water partition coefficient (Wildman–Crippen LogP) is 2.19. The van der Waals surface area contributed by atoms with Gasteiger partial charge in [-0.25, -0.2) is 9.48 Å². The highest BCUT2D eigenvalue weighted by Gasteiger charge is 2.47. The molecule has 12 heteroatoms. The van der Waals surface area contributed by atoms with E-state index in [0.717, 1.165) is 11.8 Å². The third-order valence-electron chi connectivity index (χ3n) is 5.75. The summed E-state index contributed by atoms with van der Waals surface area (Å²) in [5.74, 6) is -0.982. The van der Waals surface area contributed by atoms with Crippen molar-refractivity contribution in [1.82, 2.24) is 14.7 Å². The molecule has 1 aliphatic rings. The number of nitrogens with two attached hydrogens (primary N) is 1. The summed E-state index contributed by atoms with van der Waals surface area (Å²) >= 11 is 0. The Morgan fingerprint density at radius 1 is 1.33 bits per heavy atom. The number of hydrogen-bond donors (Lipinski definition) is 2. The zero-order valence-corrected chi connectivity index (χ0v) is 18.7. The fourth-order valence-electron chi connectivity index (χ4n) is 3.59. The van der Waals surface area contributed by atoms with E-state index in [0.29, 0.717) is 18.8 Å². The van der Waals surface area contributed by atoms with Gasteiger partial charge in [-0.05, 0) is 23.1 Å². The Morgan fingerprint density at radius 3 is 2.52 bits per heavy atom. The molecule has 2 heterocycles. The van der Waals surface area contributed by atoms with Crippen molar-refractivity contribution in [3.8, 4) is 5.69 Å². The first-order valence-electron chi connectivity index (χ1n) is 10.3. The van der Waals surface area contributed by atoms with Crippen LogP contribution >= 0.6 is 0 Å². The molecule has 1 atom stereocenters. The lowest BCUT2D eigenvalue weighted by atomic mass is 9.75. The van der Waals surface area contributed by atoms with Crippen LogP contribution in [0.25, 0.3) is 5.69 Å². The molecule has 33 heavy (non-hydrogen) atoms. The van der Waals surface area contributed by atoms with Gasteiger partial charge in [-0.2, -0.15) is 5.10 Å². The molecule has 0 saturated carbocycles. The monoisotopic (exact) mass is 461 g/mol. The Hall–Kier alpha value is -3.51. The number of ether oxygens (including phenoxy) is 2. The second-order valence-corrected chi connectivity index (χ2v) is 8.89. The minimum Gasteiger partial charge on any atom is -0.465 e. The van der Waals surface area contributed by atoms with E-state index < -0.39 is 33.9 Å². The van der Waals surface area contributed by atoms with Gasteiger partial charge in [0.15, 0.2) is 0 Å². The van der Waals surface area contributed by atoms with Crippen molar-refractivity contribution in [2.75, 3.05) is 26.3 Å². The maximum atomic E-state index is 11.5. The van der Waals surface area contributed by atoms with E-state index in [9.17, 15) is 24.8 Å². The van der Waals surface area contributed by atoms with Crippen LogP contribution in [0.3, 0.4) is 0 Å². The molecule has 1 fully saturated rings. The summed E-state index contributed by atoms with van der Waals surface area (Å²) in [5, 5.41) is 24.4. The topological polar surface area (TPSA) is 163 Å². The number of primary amides is 1. The molecule has 0 aliphatic carbocycles. The fraction of sp³-hybridized carbons (Fsp3) is 0.476. The summed E-state index contributed by atoms with van der Waals surface area (Å²) in [5.41, 5.74) is 4.47. The van der Waals surface area contributed by atoms with Crippen LogP contribution in [-0.4, -0.2) is 68.6 Å². The highest BCUT2D eigenvalue weighted by atomic mass is 16.6. The minimum absolute atomic E-state index is 0.204. The molecule has 1 aromatic carbocycles. The maximum absolute atomic E-state index is 11.5. The molecular formula is C21H27N5O7. The smallest absolute Gasteiger partial charge is 0.407 e. The Labute approximate surface area is 190 Å². The van der Waals surface area contributed by atoms with Crippen LogP contribution in [0.15, 0.2) is 30.5 Å². The number of carbonyl (C=O) groups is 2. The number of nitro groups is 1. The van der Waals surface area contributed by atoms with Crippen LogP contribution in [0.1, 0.15) is 36.8 Å². The number of rotatable bonds is 7. The van der Waals surface area contributed by atoms with Crippen molar-refractivity contribution < 1.29 is 29.1 Å². The summed E-state index contributed by atoms with van der Waals surface area (Å²) in [6, 6.07) is 6.90. The molecule has 1 aromatic heterocycles. The van der Waals surface area contributed by atoms with Crippen molar-refractivity contribution in [2.24, 2.45) is 11.1 Å². The Bertz CT molecular complexity index is 1010. The first-order chi connectivity index (χ1) is 15.4. The predicted molar refractivity (Wildman–Crippen MR) is 116 cm³/mol. The lowest BCUT2D eigenvalue weighted by molar-refractivity contribution is -0.385. The third-order valence-corrected chi connectivity index (χ3v) is 5.75. The van der Waals surface area contributed by atoms with Gasteiger partial charge < -0.3 is 25.2 Å². The van der Waals surface area contributed by atoms with Gasteiger partial charge in [0.1, 0.15) is 11.8 Å². The van der Waals surface area contributed by atoms with Gasteiger partial charge in [0.25, 0.3) is 5.91 Å². The lowest BCUT2D eigenvalue weighted by Gasteiger charge is -2.49. The van der Waals surface area contributed by atoms with Crippen LogP contribution in [0.2, 0.25) is 0 Å². The average Bonchev–Trinajstić information content (AvgIpc) is 3.20. The molecule has 2 amide bonds. The van der Waals surface area contributed by atoms with Gasteiger partial charge in [-0.3, -0.25) is 14.9 Å². The van der Waals surface area contributed by atoms with Crippen molar-refractivity contribution in [3.05, 3.63) is 51.8 Å². The fourth-order valence-corrected chi connectivity index (χ4v) is 3.59. The van der Waals surface area contributed by atoms with Crippen LogP contribution in [-0.2, 0) is 16.1 Å². The quantitative estimate of drug-likeness (QED) is 0.468. The summed E-state index contributed by atoms with van der Waals surface area (Å²) in [4.78, 5) is 34.6. The van der Waals surface area contributed by atoms with Crippen molar-refractivity contribution >= 4 is 17.7 Å². The Kier molecular flexibility index (Phi) is 6.70. The molecule has 0 radical (unpaired) electrons. The standard InChI is InChI=1S/C21H27N5O7/c1-20(2,3)21(12-24(19(28)29)8-9-33-21)13-32-11-14-4-6-15(7-5-14)25-10-16(26(30)31)17(23-25)18(22)27/h4-7,10H,8-9,11-13H2,1-3H3,(H2,22,27)(H,28,29). The molecule has 3 rings (SSSR count). The zero-order valence-electron chi connectivity index (χ0n) is 18.7. The van der Waals surface area contributed by atoms with Gasteiger partial charge in [-0.15, -0.1) is 0 Å². The van der Waals surface area contributed by atoms with Crippen LogP contribution in [0.5, 0.6) is 0 Å². The van der Waals surface area contributed by atoms with Gasteiger partial charge >= 0.3 is 11.8 Å². The Balaban J connectivity index is 1.69. The first-order valence-corrected chi connectivity index (χ1v) is 10.3. The molecule has 178 valence electrons. The van der Waals surface area contributed by atoms with Gasteiger partial charge in [-0.1, -0.05) is 32.9 Å². The number of nitrogens with zero attached hydrogens (tertiary/aromatic N) is 4. The molecular weight excluding hydrogens is 434 g/mol. The molecule has 2 aromatic rings. The number of aromatic nitrogens is 2. The molecule has 3 N–H and O–H groups in total. The van der Waals surface area contributed by atoms with Crippen molar-refractivity contribution in [3.63, 3.8) is 0 Å². The Morgan fingerprint density at radius 2 is 2.00 bits per heavy atom. The highest BCUT2D eigenvalue weighted by molar-refractivity contribution is 5.94. The lowest BCUT2D eigenvalue weighted by Crippen LogP contribution is -2.61. The normalized spacial score (nSPS) is 18.8. The average molecular weight is 461 g/mol.